The maximum Gasteiger partial charge on any atom is 0.255 e. The predicted octanol–water partition coefficient (Wildman–Crippen LogP) is 1.86. The minimum absolute atomic E-state index is 0.0465. The summed E-state index contributed by atoms with van der Waals surface area (Å²) >= 11 is 0. The molecule has 3 rings (SSSR count). The maximum absolute atomic E-state index is 12.9. The molecule has 1 saturated heterocycles. The number of rotatable bonds is 4. The topological polar surface area (TPSA) is 49.3 Å². The van der Waals surface area contributed by atoms with Crippen molar-refractivity contribution in [3.63, 3.8) is 0 Å². The Labute approximate surface area is 136 Å². The summed E-state index contributed by atoms with van der Waals surface area (Å²) < 4.78 is 0. The van der Waals surface area contributed by atoms with E-state index in [1.807, 2.05) is 23.1 Å². The van der Waals surface area contributed by atoms with Crippen molar-refractivity contribution in [1.29, 1.82) is 0 Å². The van der Waals surface area contributed by atoms with Crippen molar-refractivity contribution in [2.45, 2.75) is 24.9 Å². The first kappa shape index (κ1) is 15.6. The lowest BCUT2D eigenvalue weighted by Crippen LogP contribution is -2.45. The highest BCUT2D eigenvalue weighted by Crippen LogP contribution is 2.26. The standard InChI is InChI=1S/C18H22N4O/c1-21(2)16-9-11-22(18(23)15-8-10-19-20-13-15)17(16)12-14-6-4-3-5-7-14/h3-8,10,13,16-17H,9,11-12H2,1-2H3/t16-,17+/m1/s1. The van der Waals surface area contributed by atoms with E-state index in [1.54, 1.807) is 18.5 Å². The summed E-state index contributed by atoms with van der Waals surface area (Å²) in [7, 11) is 4.18. The Morgan fingerprint density at radius 2 is 2.00 bits per heavy atom. The first-order valence-corrected chi connectivity index (χ1v) is 7.95. The minimum atomic E-state index is 0.0465. The minimum Gasteiger partial charge on any atom is -0.334 e. The van der Waals surface area contributed by atoms with Crippen molar-refractivity contribution in [3.05, 3.63) is 59.9 Å². The zero-order valence-corrected chi connectivity index (χ0v) is 13.6. The smallest absolute Gasteiger partial charge is 0.255 e. The maximum atomic E-state index is 12.9. The van der Waals surface area contributed by atoms with Gasteiger partial charge in [-0.15, -0.1) is 0 Å². The van der Waals surface area contributed by atoms with Crippen molar-refractivity contribution in [2.75, 3.05) is 20.6 Å². The Bertz CT molecular complexity index is 645. The van der Waals surface area contributed by atoms with E-state index in [-0.39, 0.29) is 11.9 Å². The van der Waals surface area contributed by atoms with Gasteiger partial charge >= 0.3 is 0 Å². The third-order valence-corrected chi connectivity index (χ3v) is 4.55. The second kappa shape index (κ2) is 6.87. The van der Waals surface area contributed by atoms with Crippen LogP contribution in [0.5, 0.6) is 0 Å². The van der Waals surface area contributed by atoms with E-state index in [2.05, 4.69) is 41.3 Å². The normalized spacial score (nSPS) is 20.9. The van der Waals surface area contributed by atoms with Crippen LogP contribution in [0, 0.1) is 0 Å². The number of aromatic nitrogens is 2. The molecule has 5 heteroatoms. The van der Waals surface area contributed by atoms with Crippen LogP contribution in [0.2, 0.25) is 0 Å². The number of likely N-dealkylation sites (tertiary alicyclic amines) is 1. The summed E-state index contributed by atoms with van der Waals surface area (Å²) in [5.74, 6) is 0.0465. The number of hydrogen-bond acceptors (Lipinski definition) is 4. The summed E-state index contributed by atoms with van der Waals surface area (Å²) in [6.07, 6.45) is 4.98. The molecule has 0 radical (unpaired) electrons. The average Bonchev–Trinajstić information content (AvgIpc) is 2.99. The summed E-state index contributed by atoms with van der Waals surface area (Å²) in [6, 6.07) is 12.7. The molecule has 0 spiro atoms. The fourth-order valence-electron chi connectivity index (χ4n) is 3.38. The number of amides is 1. The van der Waals surface area contributed by atoms with Crippen molar-refractivity contribution < 1.29 is 4.79 Å². The zero-order chi connectivity index (χ0) is 16.2. The Morgan fingerprint density at radius 3 is 2.65 bits per heavy atom. The monoisotopic (exact) mass is 310 g/mol. The van der Waals surface area contributed by atoms with E-state index >= 15 is 0 Å². The molecule has 1 aliphatic heterocycles. The second-order valence-corrected chi connectivity index (χ2v) is 6.21. The summed E-state index contributed by atoms with van der Waals surface area (Å²) in [5.41, 5.74) is 1.87. The van der Waals surface area contributed by atoms with Gasteiger partial charge in [-0.3, -0.25) is 4.79 Å². The van der Waals surface area contributed by atoms with E-state index in [1.165, 1.54) is 5.56 Å². The molecular weight excluding hydrogens is 288 g/mol. The summed E-state index contributed by atoms with van der Waals surface area (Å²) in [4.78, 5) is 17.1. The van der Waals surface area contributed by atoms with Crippen LogP contribution in [0.25, 0.3) is 0 Å². The highest BCUT2D eigenvalue weighted by atomic mass is 16.2. The average molecular weight is 310 g/mol. The molecule has 1 aromatic heterocycles. The number of hydrogen-bond donors (Lipinski definition) is 0. The number of benzene rings is 1. The van der Waals surface area contributed by atoms with Gasteiger partial charge in [0.25, 0.3) is 5.91 Å². The lowest BCUT2D eigenvalue weighted by atomic mass is 9.99. The van der Waals surface area contributed by atoms with Gasteiger partial charge in [-0.05, 0) is 38.6 Å². The molecule has 120 valence electrons. The van der Waals surface area contributed by atoms with Gasteiger partial charge in [-0.2, -0.15) is 10.2 Å². The van der Waals surface area contributed by atoms with Gasteiger partial charge in [-0.1, -0.05) is 30.3 Å². The number of likely N-dealkylation sites (N-methyl/N-ethyl adjacent to an activating group) is 1. The molecule has 0 saturated carbocycles. The molecule has 0 bridgehead atoms. The first-order chi connectivity index (χ1) is 11.2. The molecule has 1 fully saturated rings. The molecule has 0 aliphatic carbocycles. The Balaban J connectivity index is 1.85. The van der Waals surface area contributed by atoms with Crippen LogP contribution in [0.4, 0.5) is 0 Å². The Kier molecular flexibility index (Phi) is 4.67. The summed E-state index contributed by atoms with van der Waals surface area (Å²) in [6.45, 7) is 0.779. The second-order valence-electron chi connectivity index (χ2n) is 6.21. The van der Waals surface area contributed by atoms with Gasteiger partial charge in [0.1, 0.15) is 0 Å². The van der Waals surface area contributed by atoms with Crippen LogP contribution in [0.15, 0.2) is 48.8 Å². The van der Waals surface area contributed by atoms with Gasteiger partial charge in [-0.25, -0.2) is 0 Å². The van der Waals surface area contributed by atoms with Gasteiger partial charge in [0, 0.05) is 12.6 Å². The van der Waals surface area contributed by atoms with Crippen LogP contribution in [0.3, 0.4) is 0 Å². The molecular formula is C18H22N4O. The largest absolute Gasteiger partial charge is 0.334 e. The molecule has 5 nitrogen and oxygen atoms in total. The quantitative estimate of drug-likeness (QED) is 0.865. The molecule has 1 aromatic carbocycles. The predicted molar refractivity (Wildman–Crippen MR) is 89.1 cm³/mol. The van der Waals surface area contributed by atoms with E-state index in [4.69, 9.17) is 0 Å². The van der Waals surface area contributed by atoms with E-state index in [9.17, 15) is 4.79 Å². The lowest BCUT2D eigenvalue weighted by molar-refractivity contribution is 0.0704. The molecule has 2 atom stereocenters. The third kappa shape index (κ3) is 3.40. The van der Waals surface area contributed by atoms with Gasteiger partial charge < -0.3 is 9.80 Å². The van der Waals surface area contributed by atoms with Crippen molar-refractivity contribution >= 4 is 5.91 Å². The molecule has 1 amide bonds. The van der Waals surface area contributed by atoms with Crippen LogP contribution in [0.1, 0.15) is 22.3 Å². The fraction of sp³-hybridized carbons (Fsp3) is 0.389. The molecule has 2 heterocycles. The molecule has 23 heavy (non-hydrogen) atoms. The van der Waals surface area contributed by atoms with Crippen molar-refractivity contribution in [3.8, 4) is 0 Å². The lowest BCUT2D eigenvalue weighted by Gasteiger charge is -2.31. The highest BCUT2D eigenvalue weighted by molar-refractivity contribution is 5.94. The number of nitrogens with zero attached hydrogens (tertiary/aromatic N) is 4. The Hall–Kier alpha value is -2.27. The van der Waals surface area contributed by atoms with Crippen LogP contribution in [-0.2, 0) is 6.42 Å². The van der Waals surface area contributed by atoms with E-state index in [0.29, 0.717) is 11.6 Å². The molecule has 0 N–H and O–H groups in total. The zero-order valence-electron chi connectivity index (χ0n) is 13.6. The number of carbonyl (C=O) groups excluding carboxylic acids is 1. The van der Waals surface area contributed by atoms with Crippen molar-refractivity contribution in [1.82, 2.24) is 20.0 Å². The van der Waals surface area contributed by atoms with Crippen molar-refractivity contribution in [2.24, 2.45) is 0 Å². The number of carbonyl (C=O) groups is 1. The first-order valence-electron chi connectivity index (χ1n) is 7.95. The molecule has 1 aliphatic rings. The van der Waals surface area contributed by atoms with E-state index < -0.39 is 0 Å². The molecule has 2 aromatic rings. The highest BCUT2D eigenvalue weighted by Gasteiger charge is 2.38. The fourth-order valence-corrected chi connectivity index (χ4v) is 3.38. The van der Waals surface area contributed by atoms with Gasteiger partial charge in [0.05, 0.1) is 24.0 Å². The van der Waals surface area contributed by atoms with Crippen LogP contribution < -0.4 is 0 Å². The molecule has 0 unspecified atom stereocenters. The van der Waals surface area contributed by atoms with Crippen LogP contribution in [-0.4, -0.2) is 58.6 Å². The SMILES string of the molecule is CN(C)[C@@H]1CCN(C(=O)c2ccnnc2)[C@H]1Cc1ccccc1. The summed E-state index contributed by atoms with van der Waals surface area (Å²) in [5, 5.41) is 7.59. The van der Waals surface area contributed by atoms with Gasteiger partial charge in [0.2, 0.25) is 0 Å². The Morgan fingerprint density at radius 1 is 1.22 bits per heavy atom. The van der Waals surface area contributed by atoms with Crippen LogP contribution >= 0.6 is 0 Å². The van der Waals surface area contributed by atoms with E-state index in [0.717, 1.165) is 19.4 Å². The third-order valence-electron chi connectivity index (χ3n) is 4.55. The van der Waals surface area contributed by atoms with Gasteiger partial charge in [0.15, 0.2) is 0 Å².